The van der Waals surface area contributed by atoms with Crippen molar-refractivity contribution in [2.24, 2.45) is 0 Å². The fourth-order valence-corrected chi connectivity index (χ4v) is 2.76. The van der Waals surface area contributed by atoms with Gasteiger partial charge in [-0.15, -0.1) is 0 Å². The number of nitrogen functional groups attached to an aromatic ring is 1. The van der Waals surface area contributed by atoms with Gasteiger partial charge in [-0.05, 0) is 37.5 Å². The van der Waals surface area contributed by atoms with Gasteiger partial charge in [0.2, 0.25) is 0 Å². The standard InChI is InChI=1S/C15H22N2O2/c1-10-8-12(17(2)11-6-4-5-7-11)9-13(14(10)16)15(18)19-3/h8-9,11H,4-7,16H2,1-3H3. The number of benzene rings is 1. The van der Waals surface area contributed by atoms with Crippen molar-refractivity contribution in [2.75, 3.05) is 24.8 Å². The molecule has 0 amide bonds. The Kier molecular flexibility index (Phi) is 3.98. The molecule has 104 valence electrons. The van der Waals surface area contributed by atoms with E-state index in [0.717, 1.165) is 11.3 Å². The topological polar surface area (TPSA) is 55.6 Å². The first kappa shape index (κ1) is 13.7. The number of hydrogen-bond donors (Lipinski definition) is 1. The third-order valence-electron chi connectivity index (χ3n) is 4.06. The van der Waals surface area contributed by atoms with E-state index in [-0.39, 0.29) is 5.97 Å². The van der Waals surface area contributed by atoms with E-state index in [1.54, 1.807) is 0 Å². The molecule has 1 saturated carbocycles. The minimum atomic E-state index is -0.373. The highest BCUT2D eigenvalue weighted by atomic mass is 16.5. The smallest absolute Gasteiger partial charge is 0.340 e. The third kappa shape index (κ3) is 2.67. The molecule has 2 N–H and O–H groups in total. The second-order valence-corrected chi connectivity index (χ2v) is 5.26. The SMILES string of the molecule is COC(=O)c1cc(N(C)C2CCCC2)cc(C)c1N. The fraction of sp³-hybridized carbons (Fsp3) is 0.533. The third-order valence-corrected chi connectivity index (χ3v) is 4.06. The molecule has 0 saturated heterocycles. The van der Waals surface area contributed by atoms with E-state index < -0.39 is 0 Å². The Bertz CT molecular complexity index is 479. The number of carbonyl (C=O) groups is 1. The van der Waals surface area contributed by atoms with Crippen LogP contribution in [0.5, 0.6) is 0 Å². The predicted octanol–water partition coefficient (Wildman–Crippen LogP) is 2.74. The van der Waals surface area contributed by atoms with Crippen LogP contribution in [0.1, 0.15) is 41.6 Å². The van der Waals surface area contributed by atoms with Crippen LogP contribution in [0.4, 0.5) is 11.4 Å². The number of nitrogens with zero attached hydrogens (tertiary/aromatic N) is 1. The summed E-state index contributed by atoms with van der Waals surface area (Å²) in [6.07, 6.45) is 5.00. The van der Waals surface area contributed by atoms with Gasteiger partial charge in [0.15, 0.2) is 0 Å². The van der Waals surface area contributed by atoms with Crippen molar-refractivity contribution in [2.45, 2.75) is 38.6 Å². The van der Waals surface area contributed by atoms with E-state index in [9.17, 15) is 4.79 Å². The Labute approximate surface area is 114 Å². The van der Waals surface area contributed by atoms with E-state index >= 15 is 0 Å². The predicted molar refractivity (Wildman–Crippen MR) is 77.6 cm³/mol. The molecule has 1 aromatic rings. The molecule has 0 radical (unpaired) electrons. The largest absolute Gasteiger partial charge is 0.465 e. The normalized spacial score (nSPS) is 15.5. The van der Waals surface area contributed by atoms with Gasteiger partial charge in [-0.3, -0.25) is 0 Å². The molecular formula is C15H22N2O2. The summed E-state index contributed by atoms with van der Waals surface area (Å²) >= 11 is 0. The highest BCUT2D eigenvalue weighted by Crippen LogP contribution is 2.30. The van der Waals surface area contributed by atoms with Gasteiger partial charge < -0.3 is 15.4 Å². The molecule has 19 heavy (non-hydrogen) atoms. The summed E-state index contributed by atoms with van der Waals surface area (Å²) < 4.78 is 4.79. The molecule has 0 aromatic heterocycles. The monoisotopic (exact) mass is 262 g/mol. The van der Waals surface area contributed by atoms with Gasteiger partial charge in [-0.25, -0.2) is 4.79 Å². The number of aryl methyl sites for hydroxylation is 1. The van der Waals surface area contributed by atoms with Gasteiger partial charge in [-0.2, -0.15) is 0 Å². The van der Waals surface area contributed by atoms with E-state index in [0.29, 0.717) is 17.3 Å². The number of methoxy groups -OCH3 is 1. The Hall–Kier alpha value is -1.71. The summed E-state index contributed by atoms with van der Waals surface area (Å²) in [6.45, 7) is 1.92. The highest BCUT2D eigenvalue weighted by molar-refractivity contribution is 5.97. The van der Waals surface area contributed by atoms with E-state index in [1.807, 2.05) is 19.1 Å². The minimum Gasteiger partial charge on any atom is -0.465 e. The Morgan fingerprint density at radius 3 is 2.58 bits per heavy atom. The maximum atomic E-state index is 11.8. The van der Waals surface area contributed by atoms with Crippen LogP contribution in [0.25, 0.3) is 0 Å². The zero-order chi connectivity index (χ0) is 14.0. The summed E-state index contributed by atoms with van der Waals surface area (Å²) in [5.41, 5.74) is 8.89. The summed E-state index contributed by atoms with van der Waals surface area (Å²) in [5.74, 6) is -0.373. The molecular weight excluding hydrogens is 240 g/mol. The molecule has 0 spiro atoms. The molecule has 1 aliphatic rings. The number of carbonyl (C=O) groups excluding carboxylic acids is 1. The van der Waals surface area contributed by atoms with Crippen LogP contribution in [0.3, 0.4) is 0 Å². The highest BCUT2D eigenvalue weighted by Gasteiger charge is 2.22. The fourth-order valence-electron chi connectivity index (χ4n) is 2.76. The number of rotatable bonds is 3. The Morgan fingerprint density at radius 2 is 2.00 bits per heavy atom. The molecule has 1 fully saturated rings. The molecule has 0 bridgehead atoms. The average molecular weight is 262 g/mol. The van der Waals surface area contributed by atoms with Crippen molar-refractivity contribution >= 4 is 17.3 Å². The summed E-state index contributed by atoms with van der Waals surface area (Å²) in [7, 11) is 3.46. The summed E-state index contributed by atoms with van der Waals surface area (Å²) in [4.78, 5) is 14.0. The van der Waals surface area contributed by atoms with Crippen molar-refractivity contribution in [1.82, 2.24) is 0 Å². The van der Waals surface area contributed by atoms with Gasteiger partial charge in [-0.1, -0.05) is 12.8 Å². The molecule has 0 heterocycles. The zero-order valence-corrected chi connectivity index (χ0v) is 11.9. The summed E-state index contributed by atoms with van der Waals surface area (Å²) in [6, 6.07) is 4.44. The van der Waals surface area contributed by atoms with Crippen LogP contribution in [0.15, 0.2) is 12.1 Å². The Morgan fingerprint density at radius 1 is 1.37 bits per heavy atom. The molecule has 0 unspecified atom stereocenters. The number of anilines is 2. The van der Waals surface area contributed by atoms with Crippen molar-refractivity contribution in [3.05, 3.63) is 23.3 Å². The number of hydrogen-bond acceptors (Lipinski definition) is 4. The first-order chi connectivity index (χ1) is 9.04. The number of nitrogens with two attached hydrogens (primary N) is 1. The molecule has 2 rings (SSSR count). The van der Waals surface area contributed by atoms with Crippen molar-refractivity contribution < 1.29 is 9.53 Å². The second kappa shape index (κ2) is 5.51. The lowest BCUT2D eigenvalue weighted by Crippen LogP contribution is -2.29. The molecule has 4 heteroatoms. The molecule has 4 nitrogen and oxygen atoms in total. The van der Waals surface area contributed by atoms with Gasteiger partial charge >= 0.3 is 5.97 Å². The Balaban J connectivity index is 2.35. The zero-order valence-electron chi connectivity index (χ0n) is 11.9. The lowest BCUT2D eigenvalue weighted by Gasteiger charge is -2.27. The van der Waals surface area contributed by atoms with E-state index in [4.69, 9.17) is 10.5 Å². The van der Waals surface area contributed by atoms with Crippen molar-refractivity contribution in [3.63, 3.8) is 0 Å². The van der Waals surface area contributed by atoms with Gasteiger partial charge in [0.1, 0.15) is 0 Å². The van der Waals surface area contributed by atoms with Crippen molar-refractivity contribution in [1.29, 1.82) is 0 Å². The lowest BCUT2D eigenvalue weighted by molar-refractivity contribution is 0.0602. The molecule has 0 atom stereocenters. The summed E-state index contributed by atoms with van der Waals surface area (Å²) in [5, 5.41) is 0. The lowest BCUT2D eigenvalue weighted by atomic mass is 10.1. The molecule has 1 aromatic carbocycles. The molecule has 0 aliphatic heterocycles. The first-order valence-corrected chi connectivity index (χ1v) is 6.76. The van der Waals surface area contributed by atoms with Crippen LogP contribution in [0.2, 0.25) is 0 Å². The van der Waals surface area contributed by atoms with Gasteiger partial charge in [0.25, 0.3) is 0 Å². The first-order valence-electron chi connectivity index (χ1n) is 6.76. The number of esters is 1. The average Bonchev–Trinajstić information content (AvgIpc) is 2.94. The van der Waals surface area contributed by atoms with E-state index in [1.165, 1.54) is 32.8 Å². The van der Waals surface area contributed by atoms with Crippen LogP contribution in [0, 0.1) is 6.92 Å². The minimum absolute atomic E-state index is 0.373. The van der Waals surface area contributed by atoms with Crippen LogP contribution >= 0.6 is 0 Å². The maximum Gasteiger partial charge on any atom is 0.340 e. The van der Waals surface area contributed by atoms with Crippen LogP contribution in [-0.4, -0.2) is 26.2 Å². The van der Waals surface area contributed by atoms with Crippen LogP contribution < -0.4 is 10.6 Å². The van der Waals surface area contributed by atoms with E-state index in [2.05, 4.69) is 11.9 Å². The molecule has 1 aliphatic carbocycles. The second-order valence-electron chi connectivity index (χ2n) is 5.26. The van der Waals surface area contributed by atoms with Crippen molar-refractivity contribution in [3.8, 4) is 0 Å². The quantitative estimate of drug-likeness (QED) is 0.672. The van der Waals surface area contributed by atoms with Crippen LogP contribution in [-0.2, 0) is 4.74 Å². The van der Waals surface area contributed by atoms with Gasteiger partial charge in [0.05, 0.1) is 12.7 Å². The van der Waals surface area contributed by atoms with Gasteiger partial charge in [0, 0.05) is 24.5 Å². The maximum absolute atomic E-state index is 11.8. The number of ether oxygens (including phenoxy) is 1.